The minimum atomic E-state index is -3.96. The molecule has 1 aromatic carbocycles. The van der Waals surface area contributed by atoms with Gasteiger partial charge in [-0.15, -0.1) is 10.2 Å². The Bertz CT molecular complexity index is 1420. The highest BCUT2D eigenvalue weighted by Gasteiger charge is 2.32. The molecule has 188 valence electrons. The number of nitrogens with one attached hydrogen (secondary N) is 1. The number of sulfonamides is 1. The summed E-state index contributed by atoms with van der Waals surface area (Å²) < 4.78 is 42.3. The predicted molar refractivity (Wildman–Crippen MR) is 135 cm³/mol. The second-order valence-electron chi connectivity index (χ2n) is 8.19. The Kier molecular flexibility index (Phi) is 7.15. The fourth-order valence-corrected chi connectivity index (χ4v) is 4.86. The summed E-state index contributed by atoms with van der Waals surface area (Å²) in [5, 5.41) is 7.58. The third kappa shape index (κ3) is 4.85. The standard InChI is InChI=1S/C24H27N7O4S/c1-15-12-26-22(27-13-15)16(2)17(3)36(32,33)30-24-29-28-23(18-8-7-11-25-14-18)31(24)21-19(34-4)9-6-10-20(21)35-5/h6-14,16-17H,1-5H3,(H,29,30)/t16-,17-/m0/s1. The Morgan fingerprint density at radius 1 is 0.944 bits per heavy atom. The number of rotatable bonds is 9. The third-order valence-corrected chi connectivity index (χ3v) is 7.70. The largest absolute Gasteiger partial charge is 0.494 e. The van der Waals surface area contributed by atoms with E-state index in [1.165, 1.54) is 14.2 Å². The van der Waals surface area contributed by atoms with E-state index in [2.05, 4.69) is 29.9 Å². The number of benzene rings is 1. The number of methoxy groups -OCH3 is 2. The van der Waals surface area contributed by atoms with Gasteiger partial charge in [-0.2, -0.15) is 0 Å². The maximum Gasteiger partial charge on any atom is 0.243 e. The molecule has 0 saturated heterocycles. The lowest BCUT2D eigenvalue weighted by Gasteiger charge is -2.21. The van der Waals surface area contributed by atoms with Crippen LogP contribution in [0.3, 0.4) is 0 Å². The first-order valence-corrected chi connectivity index (χ1v) is 12.7. The first-order valence-electron chi connectivity index (χ1n) is 11.1. The molecule has 36 heavy (non-hydrogen) atoms. The van der Waals surface area contributed by atoms with Crippen LogP contribution in [0.2, 0.25) is 0 Å². The molecule has 0 radical (unpaired) electrons. The number of aryl methyl sites for hydroxylation is 1. The maximum absolute atomic E-state index is 13.5. The van der Waals surface area contributed by atoms with E-state index in [0.717, 1.165) is 5.56 Å². The first-order chi connectivity index (χ1) is 17.3. The van der Waals surface area contributed by atoms with Gasteiger partial charge in [-0.25, -0.2) is 18.4 Å². The average Bonchev–Trinajstić information content (AvgIpc) is 3.30. The summed E-state index contributed by atoms with van der Waals surface area (Å²) in [7, 11) is -0.929. The van der Waals surface area contributed by atoms with Crippen LogP contribution < -0.4 is 14.2 Å². The molecule has 12 heteroatoms. The Labute approximate surface area is 209 Å². The van der Waals surface area contributed by atoms with Crippen molar-refractivity contribution in [2.24, 2.45) is 0 Å². The molecular weight excluding hydrogens is 482 g/mol. The van der Waals surface area contributed by atoms with Crippen molar-refractivity contribution in [2.45, 2.75) is 31.9 Å². The van der Waals surface area contributed by atoms with Crippen molar-refractivity contribution in [2.75, 3.05) is 18.9 Å². The number of anilines is 1. The molecule has 3 aromatic heterocycles. The lowest BCUT2D eigenvalue weighted by Crippen LogP contribution is -2.31. The van der Waals surface area contributed by atoms with E-state index in [1.807, 2.05) is 6.92 Å². The van der Waals surface area contributed by atoms with Crippen molar-refractivity contribution in [3.8, 4) is 28.6 Å². The van der Waals surface area contributed by atoms with E-state index in [1.54, 1.807) is 73.5 Å². The number of para-hydroxylation sites is 1. The molecule has 0 fully saturated rings. The van der Waals surface area contributed by atoms with Crippen LogP contribution in [0, 0.1) is 6.92 Å². The van der Waals surface area contributed by atoms with Gasteiger partial charge in [0.15, 0.2) is 5.82 Å². The van der Waals surface area contributed by atoms with E-state index in [-0.39, 0.29) is 5.95 Å². The molecule has 4 aromatic rings. The smallest absolute Gasteiger partial charge is 0.243 e. The molecule has 1 N–H and O–H groups in total. The number of nitrogens with zero attached hydrogens (tertiary/aromatic N) is 6. The minimum absolute atomic E-state index is 0.0273. The zero-order chi connectivity index (χ0) is 25.9. The predicted octanol–water partition coefficient (Wildman–Crippen LogP) is 3.38. The van der Waals surface area contributed by atoms with Crippen LogP contribution in [0.5, 0.6) is 11.5 Å². The fraction of sp³-hybridized carbons (Fsp3) is 0.292. The second-order valence-corrected chi connectivity index (χ2v) is 10.2. The first kappa shape index (κ1) is 25.0. The SMILES string of the molecule is COc1cccc(OC)c1-n1c(NS(=O)(=O)[C@@H](C)[C@H](C)c2ncc(C)cn2)nnc1-c1cccnc1. The summed E-state index contributed by atoms with van der Waals surface area (Å²) in [5.74, 6) is 1.15. The Morgan fingerprint density at radius 2 is 1.61 bits per heavy atom. The number of pyridine rings is 1. The van der Waals surface area contributed by atoms with Gasteiger partial charge < -0.3 is 9.47 Å². The van der Waals surface area contributed by atoms with Crippen molar-refractivity contribution in [3.05, 3.63) is 66.5 Å². The molecule has 11 nitrogen and oxygen atoms in total. The molecule has 0 aliphatic carbocycles. The van der Waals surface area contributed by atoms with Gasteiger partial charge in [0.2, 0.25) is 16.0 Å². The molecule has 0 aliphatic rings. The summed E-state index contributed by atoms with van der Waals surface area (Å²) >= 11 is 0. The molecule has 0 bridgehead atoms. The van der Waals surface area contributed by atoms with Gasteiger partial charge in [0.25, 0.3) is 0 Å². The van der Waals surface area contributed by atoms with Crippen LogP contribution in [0.25, 0.3) is 17.1 Å². The molecule has 4 rings (SSSR count). The van der Waals surface area contributed by atoms with Crippen LogP contribution in [-0.4, -0.2) is 57.6 Å². The van der Waals surface area contributed by atoms with E-state index < -0.39 is 21.2 Å². The molecule has 0 amide bonds. The summed E-state index contributed by atoms with van der Waals surface area (Å²) in [5.41, 5.74) is 1.95. The fourth-order valence-electron chi connectivity index (χ4n) is 3.63. The van der Waals surface area contributed by atoms with Crippen LogP contribution in [-0.2, 0) is 10.0 Å². The minimum Gasteiger partial charge on any atom is -0.494 e. The van der Waals surface area contributed by atoms with Crippen LogP contribution >= 0.6 is 0 Å². The zero-order valence-corrected chi connectivity index (χ0v) is 21.4. The van der Waals surface area contributed by atoms with Gasteiger partial charge in [0.1, 0.15) is 23.0 Å². The van der Waals surface area contributed by atoms with Crippen molar-refractivity contribution in [1.29, 1.82) is 0 Å². The lowest BCUT2D eigenvalue weighted by molar-refractivity contribution is 0.391. The van der Waals surface area contributed by atoms with Crippen LogP contribution in [0.1, 0.15) is 31.2 Å². The monoisotopic (exact) mass is 509 g/mol. The molecule has 0 unspecified atom stereocenters. The van der Waals surface area contributed by atoms with Gasteiger partial charge in [0, 0.05) is 36.3 Å². The number of hydrogen-bond donors (Lipinski definition) is 1. The van der Waals surface area contributed by atoms with Crippen molar-refractivity contribution < 1.29 is 17.9 Å². The van der Waals surface area contributed by atoms with Gasteiger partial charge in [-0.1, -0.05) is 13.0 Å². The van der Waals surface area contributed by atoms with Gasteiger partial charge in [-0.3, -0.25) is 14.3 Å². The van der Waals surface area contributed by atoms with Gasteiger partial charge in [-0.05, 0) is 43.7 Å². The van der Waals surface area contributed by atoms with Gasteiger partial charge in [0.05, 0.1) is 19.5 Å². The van der Waals surface area contributed by atoms with E-state index in [0.29, 0.717) is 34.4 Å². The molecule has 0 spiro atoms. The zero-order valence-electron chi connectivity index (χ0n) is 20.6. The topological polar surface area (TPSA) is 134 Å². The highest BCUT2D eigenvalue weighted by atomic mass is 32.2. The van der Waals surface area contributed by atoms with Gasteiger partial charge >= 0.3 is 0 Å². The van der Waals surface area contributed by atoms with Crippen molar-refractivity contribution in [1.82, 2.24) is 29.7 Å². The lowest BCUT2D eigenvalue weighted by atomic mass is 10.1. The summed E-state index contributed by atoms with van der Waals surface area (Å²) in [6.07, 6.45) is 6.57. The van der Waals surface area contributed by atoms with Crippen molar-refractivity contribution in [3.63, 3.8) is 0 Å². The molecular formula is C24H27N7O4S. The van der Waals surface area contributed by atoms with Crippen molar-refractivity contribution >= 4 is 16.0 Å². The molecule has 0 aliphatic heterocycles. The highest BCUT2D eigenvalue weighted by Crippen LogP contribution is 2.38. The molecule has 0 saturated carbocycles. The second kappa shape index (κ2) is 10.3. The number of aromatic nitrogens is 6. The van der Waals surface area contributed by atoms with E-state index in [4.69, 9.17) is 9.47 Å². The van der Waals surface area contributed by atoms with Crippen LogP contribution in [0.4, 0.5) is 5.95 Å². The normalized spacial score (nSPS) is 13.1. The van der Waals surface area contributed by atoms with E-state index in [9.17, 15) is 8.42 Å². The molecule has 2 atom stereocenters. The molecule has 3 heterocycles. The Morgan fingerprint density at radius 3 is 2.19 bits per heavy atom. The average molecular weight is 510 g/mol. The maximum atomic E-state index is 13.5. The van der Waals surface area contributed by atoms with Crippen LogP contribution in [0.15, 0.2) is 55.1 Å². The summed E-state index contributed by atoms with van der Waals surface area (Å²) in [6, 6.07) is 8.80. The summed E-state index contributed by atoms with van der Waals surface area (Å²) in [6.45, 7) is 5.24. The Hall–Kier alpha value is -4.06. The number of ether oxygens (including phenoxy) is 2. The third-order valence-electron chi connectivity index (χ3n) is 5.84. The summed E-state index contributed by atoms with van der Waals surface area (Å²) in [4.78, 5) is 12.8. The Balaban J connectivity index is 1.81. The van der Waals surface area contributed by atoms with E-state index >= 15 is 0 Å². The quantitative estimate of drug-likeness (QED) is 0.360. The number of hydrogen-bond acceptors (Lipinski definition) is 9. The highest BCUT2D eigenvalue weighted by molar-refractivity contribution is 7.93.